The van der Waals surface area contributed by atoms with Gasteiger partial charge in [0, 0.05) is 5.70 Å². The molecule has 0 amide bonds. The molecule has 0 unspecified atom stereocenters. The van der Waals surface area contributed by atoms with Crippen molar-refractivity contribution in [2.75, 3.05) is 0 Å². The van der Waals surface area contributed by atoms with Crippen molar-refractivity contribution in [1.29, 1.82) is 0 Å². The van der Waals surface area contributed by atoms with Gasteiger partial charge in [0.2, 0.25) is 0 Å². The summed E-state index contributed by atoms with van der Waals surface area (Å²) in [4.78, 5) is 0. The lowest BCUT2D eigenvalue weighted by molar-refractivity contribution is 0.430. The van der Waals surface area contributed by atoms with Crippen molar-refractivity contribution < 1.29 is 0 Å². The molecule has 1 aliphatic rings. The van der Waals surface area contributed by atoms with E-state index in [0.717, 1.165) is 17.9 Å². The standard InChI is InChI=1S/C15H20.C9H11N.C5H10.C4H10.C3H8.C2H6.2C2H4/c1-12-8-6-7-11-15(12)13(2)14-9-4-3-5-10-14;1-7-4-3-5-9(6-7)8(2)10;1-4-5(2)3;1-3-4-2;1-3-2;3*1-2/h6-8,11,14H,2-5,9-10H2,1H3;3-6H,2,10H2,1H3;2,4H2,1,3H3;3-4H2,1-2H3;3H2,1-2H3;1-2H3;2*1-2H2. The molecule has 1 fully saturated rings. The Morgan fingerprint density at radius 2 is 1.19 bits per heavy atom. The van der Waals surface area contributed by atoms with E-state index < -0.39 is 0 Å². The molecule has 0 aromatic heterocycles. The Bertz CT molecular complexity index is 895. The summed E-state index contributed by atoms with van der Waals surface area (Å²) in [7, 11) is 0. The highest BCUT2D eigenvalue weighted by Gasteiger charge is 2.18. The molecule has 2 aromatic rings. The number of rotatable bonds is 5. The van der Waals surface area contributed by atoms with Crippen molar-refractivity contribution in [1.82, 2.24) is 0 Å². The molecule has 1 heteroatoms. The molecule has 0 radical (unpaired) electrons. The maximum atomic E-state index is 5.49. The van der Waals surface area contributed by atoms with Crippen LogP contribution in [0.1, 0.15) is 135 Å². The van der Waals surface area contributed by atoms with E-state index in [1.165, 1.54) is 79.2 Å². The summed E-state index contributed by atoms with van der Waals surface area (Å²) in [5, 5.41) is 0. The van der Waals surface area contributed by atoms with Crippen LogP contribution in [0.5, 0.6) is 0 Å². The van der Waals surface area contributed by atoms with Crippen LogP contribution in [-0.4, -0.2) is 0 Å². The van der Waals surface area contributed by atoms with Gasteiger partial charge in [0.25, 0.3) is 0 Å². The average Bonchev–Trinajstić information content (AvgIpc) is 3.05. The number of hydrogen-bond donors (Lipinski definition) is 1. The zero-order valence-corrected chi connectivity index (χ0v) is 30.6. The number of aryl methyl sites for hydroxylation is 2. The van der Waals surface area contributed by atoms with E-state index in [1.807, 2.05) is 52.0 Å². The second-order valence-corrected chi connectivity index (χ2v) is 10.1. The van der Waals surface area contributed by atoms with Crippen molar-refractivity contribution in [2.24, 2.45) is 11.7 Å². The van der Waals surface area contributed by atoms with Gasteiger partial charge in [-0.3, -0.25) is 0 Å². The zero-order chi connectivity index (χ0) is 34.6. The van der Waals surface area contributed by atoms with Crippen LogP contribution < -0.4 is 5.73 Å². The third kappa shape index (κ3) is 31.7. The van der Waals surface area contributed by atoms with E-state index in [9.17, 15) is 0 Å². The van der Waals surface area contributed by atoms with Gasteiger partial charge in [0.1, 0.15) is 0 Å². The minimum Gasteiger partial charge on any atom is -0.399 e. The van der Waals surface area contributed by atoms with E-state index in [2.05, 4.69) is 112 Å². The van der Waals surface area contributed by atoms with Gasteiger partial charge < -0.3 is 5.73 Å². The third-order valence-electron chi connectivity index (χ3n) is 6.08. The molecule has 0 atom stereocenters. The second-order valence-electron chi connectivity index (χ2n) is 10.1. The van der Waals surface area contributed by atoms with E-state index in [1.54, 1.807) is 0 Å². The summed E-state index contributed by atoms with van der Waals surface area (Å²) in [5.41, 5.74) is 13.7. The summed E-state index contributed by atoms with van der Waals surface area (Å²) in [5.74, 6) is 0.736. The maximum absolute atomic E-state index is 5.49. The summed E-state index contributed by atoms with van der Waals surface area (Å²) in [6.45, 7) is 44.6. The summed E-state index contributed by atoms with van der Waals surface area (Å²) < 4.78 is 0. The fourth-order valence-corrected chi connectivity index (χ4v) is 3.45. The molecular weight excluding hydrogens is 518 g/mol. The van der Waals surface area contributed by atoms with Crippen molar-refractivity contribution >= 4 is 11.3 Å². The van der Waals surface area contributed by atoms with Crippen LogP contribution in [0.3, 0.4) is 0 Å². The molecule has 246 valence electrons. The Hall–Kier alpha value is -3.06. The molecule has 0 spiro atoms. The normalized spacial score (nSPS) is 10.7. The van der Waals surface area contributed by atoms with E-state index >= 15 is 0 Å². The predicted octanol–water partition coefficient (Wildman–Crippen LogP) is 14.3. The highest BCUT2D eigenvalue weighted by atomic mass is 14.6. The molecule has 0 saturated heterocycles. The first-order chi connectivity index (χ1) is 20.6. The van der Waals surface area contributed by atoms with Crippen LogP contribution >= 0.6 is 0 Å². The van der Waals surface area contributed by atoms with Crippen LogP contribution in [-0.2, 0) is 0 Å². The Balaban J connectivity index is -0.000000149. The highest BCUT2D eigenvalue weighted by molar-refractivity contribution is 5.67. The van der Waals surface area contributed by atoms with Crippen molar-refractivity contribution in [3.8, 4) is 0 Å². The lowest BCUT2D eigenvalue weighted by atomic mass is 9.81. The van der Waals surface area contributed by atoms with Crippen molar-refractivity contribution in [3.63, 3.8) is 0 Å². The molecule has 43 heavy (non-hydrogen) atoms. The van der Waals surface area contributed by atoms with Gasteiger partial charge in [-0.15, -0.1) is 32.9 Å². The second kappa shape index (κ2) is 38.9. The molecule has 0 heterocycles. The smallest absolute Gasteiger partial charge is 0.0314 e. The fourth-order valence-electron chi connectivity index (χ4n) is 3.45. The number of hydrogen-bond acceptors (Lipinski definition) is 1. The van der Waals surface area contributed by atoms with Gasteiger partial charge in [-0.2, -0.15) is 0 Å². The maximum Gasteiger partial charge on any atom is 0.0314 e. The summed E-state index contributed by atoms with van der Waals surface area (Å²) >= 11 is 0. The number of unbranched alkanes of at least 4 members (excludes halogenated alkanes) is 1. The van der Waals surface area contributed by atoms with Crippen LogP contribution in [0.25, 0.3) is 11.3 Å². The quantitative estimate of drug-likeness (QED) is 0.344. The third-order valence-corrected chi connectivity index (χ3v) is 6.08. The Morgan fingerprint density at radius 1 is 0.744 bits per heavy atom. The number of allylic oxidation sites excluding steroid dienone is 2. The first-order valence-electron chi connectivity index (χ1n) is 16.5. The average molecular weight is 592 g/mol. The molecule has 1 nitrogen and oxygen atoms in total. The first kappa shape index (κ1) is 49.6. The van der Waals surface area contributed by atoms with Crippen molar-refractivity contribution in [3.05, 3.63) is 122 Å². The summed E-state index contributed by atoms with van der Waals surface area (Å²) in [6, 6.07) is 16.6. The topological polar surface area (TPSA) is 26.0 Å². The molecule has 2 N–H and O–H groups in total. The van der Waals surface area contributed by atoms with Crippen LogP contribution in [0.4, 0.5) is 0 Å². The van der Waals surface area contributed by atoms with Crippen molar-refractivity contribution in [2.45, 2.75) is 127 Å². The van der Waals surface area contributed by atoms with Gasteiger partial charge >= 0.3 is 0 Å². The molecule has 0 aliphatic heterocycles. The molecule has 2 aromatic carbocycles. The number of nitrogens with two attached hydrogens (primary N) is 1. The predicted molar refractivity (Wildman–Crippen MR) is 207 cm³/mol. The van der Waals surface area contributed by atoms with Gasteiger partial charge in [-0.25, -0.2) is 0 Å². The van der Waals surface area contributed by atoms with Crippen LogP contribution in [0.15, 0.2) is 100 Å². The van der Waals surface area contributed by atoms with E-state index in [0.29, 0.717) is 5.70 Å². The lowest BCUT2D eigenvalue weighted by Crippen LogP contribution is -2.08. The highest BCUT2D eigenvalue weighted by Crippen LogP contribution is 2.35. The first-order valence-corrected chi connectivity index (χ1v) is 16.5. The minimum atomic E-state index is 0.628. The minimum absolute atomic E-state index is 0.628. The van der Waals surface area contributed by atoms with Gasteiger partial charge in [-0.1, -0.05) is 154 Å². The molecular formula is C42H73N. The molecule has 1 saturated carbocycles. The zero-order valence-electron chi connectivity index (χ0n) is 30.6. The Labute approximate surface area is 271 Å². The summed E-state index contributed by atoms with van der Waals surface area (Å²) in [6.07, 6.45) is 11.9. The van der Waals surface area contributed by atoms with E-state index in [-0.39, 0.29) is 0 Å². The van der Waals surface area contributed by atoms with Gasteiger partial charge in [-0.05, 0) is 74.3 Å². The van der Waals surface area contributed by atoms with Crippen LogP contribution in [0.2, 0.25) is 0 Å². The monoisotopic (exact) mass is 592 g/mol. The SMILES string of the molecule is C=C.C=C.C=C(C)CC.C=C(N)c1cccc(C)c1.C=C(c1ccccc1C)C1CCCCC1.CC.CCC.CCCC. The Kier molecular flexibility index (Phi) is 44.9. The molecule has 0 bridgehead atoms. The van der Waals surface area contributed by atoms with E-state index in [4.69, 9.17) is 5.73 Å². The van der Waals surface area contributed by atoms with Crippen LogP contribution in [0, 0.1) is 19.8 Å². The molecule has 1 aliphatic carbocycles. The molecule has 3 rings (SSSR count). The number of benzene rings is 2. The largest absolute Gasteiger partial charge is 0.399 e. The van der Waals surface area contributed by atoms with Gasteiger partial charge in [0.15, 0.2) is 0 Å². The lowest BCUT2D eigenvalue weighted by Gasteiger charge is -2.24. The van der Waals surface area contributed by atoms with Gasteiger partial charge in [0.05, 0.1) is 0 Å². The Morgan fingerprint density at radius 3 is 1.51 bits per heavy atom. The fraction of sp³-hybridized carbons (Fsp3) is 0.476.